The zero-order valence-corrected chi connectivity index (χ0v) is 16.3. The van der Waals surface area contributed by atoms with E-state index in [1.807, 2.05) is 19.1 Å². The van der Waals surface area contributed by atoms with Crippen molar-refractivity contribution >= 4 is 17.7 Å². The Labute approximate surface area is 164 Å². The van der Waals surface area contributed by atoms with E-state index >= 15 is 0 Å². The van der Waals surface area contributed by atoms with Crippen molar-refractivity contribution in [1.82, 2.24) is 0 Å². The molecule has 4 nitrogen and oxygen atoms in total. The van der Waals surface area contributed by atoms with Crippen molar-refractivity contribution in [2.45, 2.75) is 38.3 Å². The van der Waals surface area contributed by atoms with Crippen molar-refractivity contribution in [2.24, 2.45) is 0 Å². The molecule has 0 radical (unpaired) electrons. The van der Waals surface area contributed by atoms with Crippen molar-refractivity contribution in [2.75, 3.05) is 18.1 Å². The van der Waals surface area contributed by atoms with Crippen molar-refractivity contribution in [1.29, 1.82) is 0 Å². The lowest BCUT2D eigenvalue weighted by Gasteiger charge is -2.39. The summed E-state index contributed by atoms with van der Waals surface area (Å²) in [6.07, 6.45) is 4.03. The first-order chi connectivity index (χ1) is 13.2. The number of carboxylic acid groups (broad SMARTS) is 1. The van der Waals surface area contributed by atoms with Gasteiger partial charge in [0.2, 0.25) is 0 Å². The average Bonchev–Trinajstić information content (AvgIpc) is 3.13. The number of hydrogen-bond acceptors (Lipinski definition) is 3. The second-order valence-corrected chi connectivity index (χ2v) is 8.07. The highest BCUT2D eigenvalue weighted by molar-refractivity contribution is 5.75. The molecule has 146 valence electrons. The predicted molar refractivity (Wildman–Crippen MR) is 107 cm³/mol. The van der Waals surface area contributed by atoms with Gasteiger partial charge in [-0.3, -0.25) is 4.79 Å². The third-order valence-corrected chi connectivity index (χ3v) is 6.07. The normalized spacial score (nSPS) is 22.5. The lowest BCUT2D eigenvalue weighted by Crippen LogP contribution is -2.51. The molecule has 1 unspecified atom stereocenters. The molecule has 0 saturated carbocycles. The number of nitrogens with zero attached hydrogens (tertiary/aromatic N) is 1. The maximum absolute atomic E-state index is 13.2. The van der Waals surface area contributed by atoms with Crippen LogP contribution < -0.4 is 4.90 Å². The number of hydrogen-bond donors (Lipinski definition) is 1. The minimum atomic E-state index is -0.833. The zero-order valence-electron chi connectivity index (χ0n) is 16.3. The topological polar surface area (TPSA) is 49.8 Å². The molecule has 4 rings (SSSR count). The third kappa shape index (κ3) is 2.73. The van der Waals surface area contributed by atoms with Crippen LogP contribution in [-0.4, -0.2) is 30.0 Å². The number of ether oxygens (including phenoxy) is 1. The maximum atomic E-state index is 13.2. The maximum Gasteiger partial charge on any atom is 0.307 e. The summed E-state index contributed by atoms with van der Waals surface area (Å²) in [5.74, 6) is -1.09. The van der Waals surface area contributed by atoms with E-state index in [0.717, 1.165) is 34.5 Å². The summed E-state index contributed by atoms with van der Waals surface area (Å²) in [5.41, 5.74) is 3.91. The van der Waals surface area contributed by atoms with Crippen LogP contribution >= 0.6 is 0 Å². The molecule has 28 heavy (non-hydrogen) atoms. The van der Waals surface area contributed by atoms with Gasteiger partial charge in [0, 0.05) is 17.6 Å². The first-order valence-corrected chi connectivity index (χ1v) is 9.47. The van der Waals surface area contributed by atoms with Crippen LogP contribution in [0.3, 0.4) is 0 Å². The fourth-order valence-corrected chi connectivity index (χ4v) is 4.49. The molecule has 0 bridgehead atoms. The molecular formula is C23H24FNO3. The van der Waals surface area contributed by atoms with Crippen LogP contribution in [0.4, 0.5) is 10.1 Å². The third-order valence-electron chi connectivity index (χ3n) is 6.07. The van der Waals surface area contributed by atoms with E-state index in [1.165, 1.54) is 12.1 Å². The highest BCUT2D eigenvalue weighted by Gasteiger charge is 2.59. The van der Waals surface area contributed by atoms with Gasteiger partial charge in [-0.25, -0.2) is 4.39 Å². The minimum absolute atomic E-state index is 0.00660. The van der Waals surface area contributed by atoms with Crippen molar-refractivity contribution in [3.8, 4) is 0 Å². The number of aliphatic carboxylic acids is 1. The molecule has 1 N–H and O–H groups in total. The summed E-state index contributed by atoms with van der Waals surface area (Å²) >= 11 is 0. The van der Waals surface area contributed by atoms with Gasteiger partial charge in [0.05, 0.1) is 13.0 Å². The number of fused-ring (bicyclic) bond motifs is 3. The molecule has 2 aromatic carbocycles. The number of carboxylic acids is 1. The molecule has 1 atom stereocenters. The van der Waals surface area contributed by atoms with Crippen LogP contribution in [0, 0.1) is 12.7 Å². The second-order valence-electron chi connectivity index (χ2n) is 8.07. The van der Waals surface area contributed by atoms with E-state index in [9.17, 15) is 14.3 Å². The van der Waals surface area contributed by atoms with Crippen LogP contribution in [0.2, 0.25) is 0 Å². The Morgan fingerprint density at radius 3 is 2.68 bits per heavy atom. The number of rotatable bonds is 4. The van der Waals surface area contributed by atoms with Crippen LogP contribution in [0.25, 0.3) is 6.08 Å². The molecule has 0 aliphatic carbocycles. The van der Waals surface area contributed by atoms with Gasteiger partial charge in [-0.2, -0.15) is 0 Å². The molecule has 2 aliphatic heterocycles. The molecule has 1 fully saturated rings. The monoisotopic (exact) mass is 381 g/mol. The molecule has 0 amide bonds. The van der Waals surface area contributed by atoms with E-state index in [-0.39, 0.29) is 17.7 Å². The fraction of sp³-hybridized carbons (Fsp3) is 0.348. The van der Waals surface area contributed by atoms with E-state index in [2.05, 4.69) is 30.9 Å². The Morgan fingerprint density at radius 2 is 2.00 bits per heavy atom. The van der Waals surface area contributed by atoms with Crippen LogP contribution in [0.5, 0.6) is 0 Å². The summed E-state index contributed by atoms with van der Waals surface area (Å²) in [7, 11) is 0. The summed E-state index contributed by atoms with van der Waals surface area (Å²) in [6, 6.07) is 10.5. The molecule has 0 spiro atoms. The highest BCUT2D eigenvalue weighted by Crippen LogP contribution is 2.55. The summed E-state index contributed by atoms with van der Waals surface area (Å²) in [4.78, 5) is 13.5. The molecule has 2 heterocycles. The van der Waals surface area contributed by atoms with E-state index < -0.39 is 11.7 Å². The number of carbonyl (C=O) groups is 1. The van der Waals surface area contributed by atoms with Crippen molar-refractivity contribution in [3.05, 3.63) is 70.5 Å². The van der Waals surface area contributed by atoms with Crippen LogP contribution in [-0.2, 0) is 21.4 Å². The smallest absolute Gasteiger partial charge is 0.307 e. The first kappa shape index (κ1) is 18.7. The Kier molecular flexibility index (Phi) is 4.31. The standard InChI is InChI=1S/C23H24FNO3/c1-15-12-19-20(13-17(15)14-21(26)27)25-10-11-28-23(25,22(19,2)3)9-8-16-4-6-18(24)7-5-16/h4-9,12-13H,10-11,14H2,1-3H3,(H,26,27)/b9-8+. The van der Waals surface area contributed by atoms with Crippen molar-refractivity contribution < 1.29 is 19.0 Å². The Morgan fingerprint density at radius 1 is 1.29 bits per heavy atom. The number of aryl methyl sites for hydroxylation is 1. The highest BCUT2D eigenvalue weighted by atomic mass is 19.1. The van der Waals surface area contributed by atoms with Gasteiger partial charge in [-0.05, 0) is 53.5 Å². The van der Waals surface area contributed by atoms with Gasteiger partial charge in [0.1, 0.15) is 5.82 Å². The lowest BCUT2D eigenvalue weighted by atomic mass is 9.76. The van der Waals surface area contributed by atoms with Gasteiger partial charge >= 0.3 is 5.97 Å². The quantitative estimate of drug-likeness (QED) is 0.858. The lowest BCUT2D eigenvalue weighted by molar-refractivity contribution is -0.136. The van der Waals surface area contributed by atoms with Gasteiger partial charge in [0.15, 0.2) is 5.72 Å². The van der Waals surface area contributed by atoms with E-state index in [0.29, 0.717) is 6.61 Å². The molecule has 5 heteroatoms. The molecular weight excluding hydrogens is 357 g/mol. The SMILES string of the molecule is Cc1cc2c(cc1CC(=O)O)N1CCOC1(/C=C/c1ccc(F)cc1)C2(C)C. The molecule has 1 saturated heterocycles. The van der Waals surface area contributed by atoms with E-state index in [1.54, 1.807) is 12.1 Å². The second kappa shape index (κ2) is 6.45. The van der Waals surface area contributed by atoms with Gasteiger partial charge < -0.3 is 14.7 Å². The minimum Gasteiger partial charge on any atom is -0.481 e. The van der Waals surface area contributed by atoms with Gasteiger partial charge in [-0.1, -0.05) is 38.1 Å². The molecule has 2 aromatic rings. The Balaban J connectivity index is 1.79. The predicted octanol–water partition coefficient (Wildman–Crippen LogP) is 4.30. The summed E-state index contributed by atoms with van der Waals surface area (Å²) < 4.78 is 19.5. The zero-order chi connectivity index (χ0) is 20.1. The summed E-state index contributed by atoms with van der Waals surface area (Å²) in [6.45, 7) is 7.60. The fourth-order valence-electron chi connectivity index (χ4n) is 4.49. The first-order valence-electron chi connectivity index (χ1n) is 9.47. The Bertz CT molecular complexity index is 965. The van der Waals surface area contributed by atoms with E-state index in [4.69, 9.17) is 4.74 Å². The number of benzene rings is 2. The van der Waals surface area contributed by atoms with Crippen LogP contribution in [0.15, 0.2) is 42.5 Å². The number of anilines is 1. The summed E-state index contributed by atoms with van der Waals surface area (Å²) in [5, 5.41) is 9.23. The van der Waals surface area contributed by atoms with Gasteiger partial charge in [-0.15, -0.1) is 0 Å². The van der Waals surface area contributed by atoms with Gasteiger partial charge in [0.25, 0.3) is 0 Å². The molecule has 0 aromatic heterocycles. The average molecular weight is 381 g/mol. The Hall–Kier alpha value is -2.66. The largest absolute Gasteiger partial charge is 0.481 e. The molecule has 2 aliphatic rings. The van der Waals surface area contributed by atoms with Crippen molar-refractivity contribution in [3.63, 3.8) is 0 Å². The number of halogens is 1. The van der Waals surface area contributed by atoms with Crippen LogP contribution in [0.1, 0.15) is 36.1 Å².